The van der Waals surface area contributed by atoms with E-state index in [1.807, 2.05) is 0 Å². The maximum Gasteiger partial charge on any atom is 0.0672 e. The Labute approximate surface area is 89.0 Å². The van der Waals surface area contributed by atoms with E-state index in [4.69, 9.17) is 9.47 Å². The molecule has 0 aromatic carbocycles. The summed E-state index contributed by atoms with van der Waals surface area (Å²) in [5, 5.41) is 0. The van der Waals surface area contributed by atoms with Crippen LogP contribution in [0.4, 0.5) is 0 Å². The average molecular weight is 202 g/mol. The van der Waals surface area contributed by atoms with Crippen LogP contribution in [0.5, 0.6) is 0 Å². The highest BCUT2D eigenvalue weighted by molar-refractivity contribution is 4.78. The van der Waals surface area contributed by atoms with Gasteiger partial charge in [-0.1, -0.05) is 20.8 Å². The molecule has 0 aliphatic rings. The van der Waals surface area contributed by atoms with E-state index in [0.29, 0.717) is 12.0 Å². The molecule has 0 saturated carbocycles. The molecule has 2 heteroatoms. The van der Waals surface area contributed by atoms with Gasteiger partial charge in [-0.3, -0.25) is 0 Å². The van der Waals surface area contributed by atoms with Crippen molar-refractivity contribution < 1.29 is 9.47 Å². The molecule has 0 aromatic rings. The predicted octanol–water partition coefficient (Wildman–Crippen LogP) is 3.25. The molecule has 2 nitrogen and oxygen atoms in total. The lowest BCUT2D eigenvalue weighted by molar-refractivity contribution is -0.0502. The molecule has 0 aliphatic carbocycles. The van der Waals surface area contributed by atoms with Gasteiger partial charge in [0.25, 0.3) is 0 Å². The quantitative estimate of drug-likeness (QED) is 0.631. The van der Waals surface area contributed by atoms with Crippen LogP contribution >= 0.6 is 0 Å². The summed E-state index contributed by atoms with van der Waals surface area (Å²) in [4.78, 5) is 0. The van der Waals surface area contributed by atoms with E-state index < -0.39 is 0 Å². The molecule has 0 radical (unpaired) electrons. The van der Waals surface area contributed by atoms with Crippen LogP contribution in [0.3, 0.4) is 0 Å². The van der Waals surface area contributed by atoms with Crippen molar-refractivity contribution >= 4 is 0 Å². The predicted molar refractivity (Wildman–Crippen MR) is 60.6 cm³/mol. The minimum absolute atomic E-state index is 0.0322. The van der Waals surface area contributed by atoms with E-state index in [9.17, 15) is 0 Å². The molecule has 2 atom stereocenters. The van der Waals surface area contributed by atoms with Crippen LogP contribution in [0.2, 0.25) is 0 Å². The summed E-state index contributed by atoms with van der Waals surface area (Å²) in [5.41, 5.74) is -0.0322. The van der Waals surface area contributed by atoms with E-state index in [2.05, 4.69) is 27.7 Å². The number of hydrogen-bond acceptors (Lipinski definition) is 2. The van der Waals surface area contributed by atoms with Gasteiger partial charge in [0, 0.05) is 20.6 Å². The molecule has 0 N–H and O–H groups in total. The van der Waals surface area contributed by atoms with E-state index in [1.165, 1.54) is 0 Å². The summed E-state index contributed by atoms with van der Waals surface area (Å²) < 4.78 is 11.0. The first-order chi connectivity index (χ1) is 6.47. The molecule has 0 rings (SSSR count). The molecule has 0 aromatic heterocycles. The lowest BCUT2D eigenvalue weighted by Crippen LogP contribution is -2.33. The first-order valence-corrected chi connectivity index (χ1v) is 5.55. The minimum atomic E-state index is -0.0322. The van der Waals surface area contributed by atoms with Crippen LogP contribution in [-0.2, 0) is 9.47 Å². The van der Waals surface area contributed by atoms with Gasteiger partial charge < -0.3 is 9.47 Å². The zero-order valence-electron chi connectivity index (χ0n) is 10.6. The van der Waals surface area contributed by atoms with Crippen molar-refractivity contribution in [2.75, 3.05) is 14.2 Å². The largest absolute Gasteiger partial charge is 0.381 e. The summed E-state index contributed by atoms with van der Waals surface area (Å²) in [6.45, 7) is 8.76. The molecule has 0 saturated heterocycles. The summed E-state index contributed by atoms with van der Waals surface area (Å²) >= 11 is 0. The molecule has 2 unspecified atom stereocenters. The minimum Gasteiger partial charge on any atom is -0.381 e. The molecule has 0 spiro atoms. The molecule has 0 amide bonds. The zero-order chi connectivity index (χ0) is 11.2. The Morgan fingerprint density at radius 1 is 1.21 bits per heavy atom. The van der Waals surface area contributed by atoms with E-state index in [0.717, 1.165) is 19.3 Å². The summed E-state index contributed by atoms with van der Waals surface area (Å²) in [5.74, 6) is 0.679. The molecule has 14 heavy (non-hydrogen) atoms. The number of methoxy groups -OCH3 is 2. The van der Waals surface area contributed by atoms with Crippen LogP contribution in [0, 0.1) is 5.92 Å². The Morgan fingerprint density at radius 3 is 2.07 bits per heavy atom. The molecular formula is C12H26O2. The SMILES string of the molecule is CCC(C)(CC(CC(C)C)OC)OC. The monoisotopic (exact) mass is 202 g/mol. The Morgan fingerprint density at radius 2 is 1.79 bits per heavy atom. The third-order valence-electron chi connectivity index (χ3n) is 2.97. The number of rotatable bonds is 7. The summed E-state index contributed by atoms with van der Waals surface area (Å²) in [6.07, 6.45) is 3.44. The fraction of sp³-hybridized carbons (Fsp3) is 1.00. The van der Waals surface area contributed by atoms with Gasteiger partial charge in [-0.05, 0) is 25.7 Å². The van der Waals surface area contributed by atoms with Crippen LogP contribution in [-0.4, -0.2) is 25.9 Å². The van der Waals surface area contributed by atoms with Crippen molar-refractivity contribution in [3.8, 4) is 0 Å². The Balaban J connectivity index is 4.14. The molecular weight excluding hydrogens is 176 g/mol. The van der Waals surface area contributed by atoms with Crippen molar-refractivity contribution in [2.45, 2.75) is 58.7 Å². The Kier molecular flexibility index (Phi) is 6.38. The lowest BCUT2D eigenvalue weighted by atomic mass is 9.91. The van der Waals surface area contributed by atoms with Gasteiger partial charge in [-0.2, -0.15) is 0 Å². The zero-order valence-corrected chi connectivity index (χ0v) is 10.6. The van der Waals surface area contributed by atoms with Gasteiger partial charge in [0.15, 0.2) is 0 Å². The smallest absolute Gasteiger partial charge is 0.0672 e. The number of ether oxygens (including phenoxy) is 2. The second-order valence-corrected chi connectivity index (χ2v) is 4.70. The Bertz CT molecular complexity index is 139. The standard InChI is InChI=1S/C12H26O2/c1-7-12(4,14-6)9-11(13-5)8-10(2)3/h10-11H,7-9H2,1-6H3. The van der Waals surface area contributed by atoms with Gasteiger partial charge in [-0.15, -0.1) is 0 Å². The second kappa shape index (κ2) is 6.41. The number of hydrogen-bond donors (Lipinski definition) is 0. The van der Waals surface area contributed by atoms with Crippen molar-refractivity contribution in [3.05, 3.63) is 0 Å². The molecule has 0 heterocycles. The van der Waals surface area contributed by atoms with E-state index in [-0.39, 0.29) is 5.60 Å². The van der Waals surface area contributed by atoms with Crippen molar-refractivity contribution in [2.24, 2.45) is 5.92 Å². The highest BCUT2D eigenvalue weighted by Crippen LogP contribution is 2.24. The van der Waals surface area contributed by atoms with Crippen molar-refractivity contribution in [3.63, 3.8) is 0 Å². The van der Waals surface area contributed by atoms with Crippen LogP contribution in [0.25, 0.3) is 0 Å². The van der Waals surface area contributed by atoms with Crippen molar-refractivity contribution in [1.29, 1.82) is 0 Å². The third kappa shape index (κ3) is 4.97. The molecule has 0 bridgehead atoms. The third-order valence-corrected chi connectivity index (χ3v) is 2.97. The Hall–Kier alpha value is -0.0800. The first kappa shape index (κ1) is 13.9. The van der Waals surface area contributed by atoms with E-state index >= 15 is 0 Å². The van der Waals surface area contributed by atoms with Gasteiger partial charge >= 0.3 is 0 Å². The van der Waals surface area contributed by atoms with Crippen LogP contribution in [0.15, 0.2) is 0 Å². The lowest BCUT2D eigenvalue weighted by Gasteiger charge is -2.31. The normalized spacial score (nSPS) is 18.2. The molecule has 0 fully saturated rings. The molecule has 86 valence electrons. The average Bonchev–Trinajstić information content (AvgIpc) is 2.16. The van der Waals surface area contributed by atoms with Gasteiger partial charge in [0.1, 0.15) is 0 Å². The fourth-order valence-corrected chi connectivity index (χ4v) is 1.64. The fourth-order valence-electron chi connectivity index (χ4n) is 1.64. The maximum atomic E-state index is 5.52. The van der Waals surface area contributed by atoms with Crippen LogP contribution in [0.1, 0.15) is 47.0 Å². The highest BCUT2D eigenvalue weighted by atomic mass is 16.5. The van der Waals surface area contributed by atoms with Gasteiger partial charge in [0.2, 0.25) is 0 Å². The van der Waals surface area contributed by atoms with E-state index in [1.54, 1.807) is 14.2 Å². The van der Waals surface area contributed by atoms with Crippen molar-refractivity contribution in [1.82, 2.24) is 0 Å². The highest BCUT2D eigenvalue weighted by Gasteiger charge is 2.26. The topological polar surface area (TPSA) is 18.5 Å². The summed E-state index contributed by atoms with van der Waals surface area (Å²) in [6, 6.07) is 0. The molecule has 0 aliphatic heterocycles. The second-order valence-electron chi connectivity index (χ2n) is 4.70. The van der Waals surface area contributed by atoms with Gasteiger partial charge in [0.05, 0.1) is 11.7 Å². The van der Waals surface area contributed by atoms with Crippen LogP contribution < -0.4 is 0 Å². The first-order valence-electron chi connectivity index (χ1n) is 5.55. The van der Waals surface area contributed by atoms with Gasteiger partial charge in [-0.25, -0.2) is 0 Å². The summed E-state index contributed by atoms with van der Waals surface area (Å²) in [7, 11) is 3.57. The maximum absolute atomic E-state index is 5.52.